The molecule has 0 spiro atoms. The standard InChI is InChI=1S/C18H30N2O/c1-4-10-19-16-17-8-7-9-18(15-17)21-14-13-20(11-5-2)12-6-3/h5,7-9,15,19H,2,4,6,10-14,16H2,1,3H3. The van der Waals surface area contributed by atoms with E-state index in [1.165, 1.54) is 5.56 Å². The van der Waals surface area contributed by atoms with E-state index in [0.717, 1.165) is 57.9 Å². The first-order valence-electron chi connectivity index (χ1n) is 8.05. The van der Waals surface area contributed by atoms with Crippen LogP contribution in [0.25, 0.3) is 0 Å². The molecular formula is C18H30N2O. The molecule has 0 aliphatic heterocycles. The van der Waals surface area contributed by atoms with E-state index in [0.29, 0.717) is 0 Å². The molecule has 3 heteroatoms. The molecule has 1 aromatic carbocycles. The highest BCUT2D eigenvalue weighted by Gasteiger charge is 2.02. The Morgan fingerprint density at radius 1 is 1.24 bits per heavy atom. The minimum Gasteiger partial charge on any atom is -0.492 e. The van der Waals surface area contributed by atoms with Crippen molar-refractivity contribution in [3.05, 3.63) is 42.5 Å². The van der Waals surface area contributed by atoms with Gasteiger partial charge in [-0.1, -0.05) is 32.1 Å². The molecule has 1 N–H and O–H groups in total. The Balaban J connectivity index is 2.36. The summed E-state index contributed by atoms with van der Waals surface area (Å²) in [4.78, 5) is 2.36. The van der Waals surface area contributed by atoms with Crippen LogP contribution in [0, 0.1) is 0 Å². The molecule has 118 valence electrons. The van der Waals surface area contributed by atoms with Crippen LogP contribution < -0.4 is 10.1 Å². The molecule has 0 saturated heterocycles. The summed E-state index contributed by atoms with van der Waals surface area (Å²) in [5.41, 5.74) is 1.28. The van der Waals surface area contributed by atoms with Gasteiger partial charge < -0.3 is 10.1 Å². The highest BCUT2D eigenvalue weighted by Crippen LogP contribution is 2.13. The number of ether oxygens (including phenoxy) is 1. The normalized spacial score (nSPS) is 10.8. The summed E-state index contributed by atoms with van der Waals surface area (Å²) in [5.74, 6) is 0.959. The lowest BCUT2D eigenvalue weighted by Crippen LogP contribution is -2.29. The molecule has 1 aromatic rings. The smallest absolute Gasteiger partial charge is 0.119 e. The van der Waals surface area contributed by atoms with Crippen LogP contribution >= 0.6 is 0 Å². The van der Waals surface area contributed by atoms with Crippen molar-refractivity contribution in [1.82, 2.24) is 10.2 Å². The van der Waals surface area contributed by atoms with Gasteiger partial charge in [0.2, 0.25) is 0 Å². The van der Waals surface area contributed by atoms with E-state index in [9.17, 15) is 0 Å². The van der Waals surface area contributed by atoms with Crippen LogP contribution in [0.2, 0.25) is 0 Å². The van der Waals surface area contributed by atoms with E-state index in [2.05, 4.69) is 48.8 Å². The predicted octanol–water partition coefficient (Wildman–Crippen LogP) is 3.46. The van der Waals surface area contributed by atoms with Crippen molar-refractivity contribution < 1.29 is 4.74 Å². The number of benzene rings is 1. The maximum Gasteiger partial charge on any atom is 0.119 e. The largest absolute Gasteiger partial charge is 0.492 e. The second-order valence-electron chi connectivity index (χ2n) is 5.26. The predicted molar refractivity (Wildman–Crippen MR) is 90.9 cm³/mol. The zero-order valence-corrected chi connectivity index (χ0v) is 13.6. The molecule has 0 heterocycles. The molecule has 0 fully saturated rings. The van der Waals surface area contributed by atoms with Gasteiger partial charge in [-0.25, -0.2) is 0 Å². The minimum absolute atomic E-state index is 0.722. The fraction of sp³-hybridized carbons (Fsp3) is 0.556. The van der Waals surface area contributed by atoms with Crippen LogP contribution in [0.15, 0.2) is 36.9 Å². The van der Waals surface area contributed by atoms with Crippen LogP contribution in [0.3, 0.4) is 0 Å². The monoisotopic (exact) mass is 290 g/mol. The molecule has 0 aliphatic carbocycles. The molecule has 0 bridgehead atoms. The van der Waals surface area contributed by atoms with Gasteiger partial charge in [0.1, 0.15) is 12.4 Å². The zero-order valence-electron chi connectivity index (χ0n) is 13.6. The van der Waals surface area contributed by atoms with Gasteiger partial charge in [0.15, 0.2) is 0 Å². The Labute approximate surface area is 130 Å². The molecule has 0 amide bonds. The summed E-state index contributed by atoms with van der Waals surface area (Å²) in [7, 11) is 0. The lowest BCUT2D eigenvalue weighted by Gasteiger charge is -2.19. The number of rotatable bonds is 12. The van der Waals surface area contributed by atoms with E-state index in [-0.39, 0.29) is 0 Å². The molecule has 0 saturated carbocycles. The third-order valence-corrected chi connectivity index (χ3v) is 3.26. The molecule has 0 aromatic heterocycles. The van der Waals surface area contributed by atoms with E-state index < -0.39 is 0 Å². The third-order valence-electron chi connectivity index (χ3n) is 3.26. The number of nitrogens with zero attached hydrogens (tertiary/aromatic N) is 1. The lowest BCUT2D eigenvalue weighted by molar-refractivity contribution is 0.223. The van der Waals surface area contributed by atoms with Gasteiger partial charge in [-0.3, -0.25) is 4.90 Å². The first kappa shape index (κ1) is 17.7. The molecular weight excluding hydrogens is 260 g/mol. The second kappa shape index (κ2) is 11.4. The van der Waals surface area contributed by atoms with E-state index in [4.69, 9.17) is 4.74 Å². The summed E-state index contributed by atoms with van der Waals surface area (Å²) in [5, 5.41) is 3.41. The molecule has 0 aliphatic rings. The first-order valence-corrected chi connectivity index (χ1v) is 8.05. The van der Waals surface area contributed by atoms with Crippen molar-refractivity contribution in [3.8, 4) is 5.75 Å². The fourth-order valence-electron chi connectivity index (χ4n) is 2.24. The maximum absolute atomic E-state index is 5.87. The highest BCUT2D eigenvalue weighted by atomic mass is 16.5. The Bertz CT molecular complexity index is 393. The second-order valence-corrected chi connectivity index (χ2v) is 5.26. The van der Waals surface area contributed by atoms with Gasteiger partial charge in [-0.15, -0.1) is 6.58 Å². The average molecular weight is 290 g/mol. The van der Waals surface area contributed by atoms with Crippen molar-refractivity contribution in [3.63, 3.8) is 0 Å². The van der Waals surface area contributed by atoms with Crippen molar-refractivity contribution in [2.75, 3.05) is 32.8 Å². The number of nitrogens with one attached hydrogen (secondary N) is 1. The van der Waals surface area contributed by atoms with Gasteiger partial charge in [0.25, 0.3) is 0 Å². The van der Waals surface area contributed by atoms with Gasteiger partial charge in [-0.05, 0) is 43.6 Å². The molecule has 21 heavy (non-hydrogen) atoms. The summed E-state index contributed by atoms with van der Waals surface area (Å²) in [6.07, 6.45) is 4.27. The van der Waals surface area contributed by atoms with Crippen molar-refractivity contribution in [2.45, 2.75) is 33.2 Å². The quantitative estimate of drug-likeness (QED) is 0.471. The van der Waals surface area contributed by atoms with Crippen LogP contribution in [0.1, 0.15) is 32.3 Å². The van der Waals surface area contributed by atoms with Crippen LogP contribution in [0.4, 0.5) is 0 Å². The van der Waals surface area contributed by atoms with Crippen molar-refractivity contribution in [2.24, 2.45) is 0 Å². The highest BCUT2D eigenvalue weighted by molar-refractivity contribution is 5.28. The lowest BCUT2D eigenvalue weighted by atomic mass is 10.2. The number of hydrogen-bond acceptors (Lipinski definition) is 3. The Hall–Kier alpha value is -1.32. The van der Waals surface area contributed by atoms with E-state index in [1.54, 1.807) is 0 Å². The molecule has 1 rings (SSSR count). The summed E-state index contributed by atoms with van der Waals surface area (Å²) >= 11 is 0. The summed E-state index contributed by atoms with van der Waals surface area (Å²) < 4.78 is 5.87. The fourth-order valence-corrected chi connectivity index (χ4v) is 2.24. The van der Waals surface area contributed by atoms with Crippen LogP contribution in [-0.2, 0) is 6.54 Å². The summed E-state index contributed by atoms with van der Waals surface area (Å²) in [6, 6.07) is 8.35. The van der Waals surface area contributed by atoms with Crippen LogP contribution in [0.5, 0.6) is 5.75 Å². The first-order chi connectivity index (χ1) is 10.3. The van der Waals surface area contributed by atoms with Crippen LogP contribution in [-0.4, -0.2) is 37.7 Å². The van der Waals surface area contributed by atoms with Gasteiger partial charge >= 0.3 is 0 Å². The Morgan fingerprint density at radius 3 is 2.81 bits per heavy atom. The number of hydrogen-bond donors (Lipinski definition) is 1. The van der Waals surface area contributed by atoms with E-state index in [1.807, 2.05) is 12.1 Å². The van der Waals surface area contributed by atoms with Gasteiger partial charge in [0.05, 0.1) is 0 Å². The molecule has 0 radical (unpaired) electrons. The van der Waals surface area contributed by atoms with E-state index >= 15 is 0 Å². The maximum atomic E-state index is 5.87. The van der Waals surface area contributed by atoms with Crippen molar-refractivity contribution in [1.29, 1.82) is 0 Å². The average Bonchev–Trinajstić information content (AvgIpc) is 2.48. The zero-order chi connectivity index (χ0) is 15.3. The minimum atomic E-state index is 0.722. The molecule has 0 atom stereocenters. The van der Waals surface area contributed by atoms with Gasteiger partial charge in [0, 0.05) is 19.6 Å². The third kappa shape index (κ3) is 7.88. The SMILES string of the molecule is C=CCN(CCC)CCOc1cccc(CNCCC)c1. The van der Waals surface area contributed by atoms with Gasteiger partial charge in [-0.2, -0.15) is 0 Å². The molecule has 0 unspecified atom stereocenters. The Kier molecular flexibility index (Phi) is 9.58. The topological polar surface area (TPSA) is 24.5 Å². The van der Waals surface area contributed by atoms with Crippen molar-refractivity contribution >= 4 is 0 Å². The molecule has 3 nitrogen and oxygen atoms in total. The Morgan fingerprint density at radius 2 is 2.10 bits per heavy atom. The summed E-state index contributed by atoms with van der Waals surface area (Å²) in [6.45, 7) is 13.8.